The number of alkyl halides is 2. The van der Waals surface area contributed by atoms with Crippen molar-refractivity contribution in [1.29, 1.82) is 0 Å². The minimum Gasteiger partial charge on any atom is -0.349 e. The third-order valence-electron chi connectivity index (χ3n) is 4.89. The van der Waals surface area contributed by atoms with E-state index in [0.717, 1.165) is 0 Å². The maximum Gasteiger partial charge on any atom is 0.252 e. The average Bonchev–Trinajstić information content (AvgIpc) is 3.08. The van der Waals surface area contributed by atoms with Gasteiger partial charge in [-0.1, -0.05) is 23.4 Å². The number of aromatic nitrogens is 4. The number of hydrogen-bond donors (Lipinski definition) is 1. The second-order valence-electron chi connectivity index (χ2n) is 7.16. The molecular weight excluding hydrogens is 383 g/mol. The second-order valence-corrected chi connectivity index (χ2v) is 7.16. The zero-order chi connectivity index (χ0) is 20.6. The molecular formula is C20H18F3N5O. The summed E-state index contributed by atoms with van der Waals surface area (Å²) in [6.07, 6.45) is 1.01. The summed E-state index contributed by atoms with van der Waals surface area (Å²) >= 11 is 0. The van der Waals surface area contributed by atoms with Crippen LogP contribution in [0, 0.1) is 12.9 Å². The quantitative estimate of drug-likeness (QED) is 0.666. The molecule has 1 amide bonds. The highest BCUT2D eigenvalue weighted by Gasteiger charge is 2.46. The summed E-state index contributed by atoms with van der Waals surface area (Å²) in [6, 6.07) is 9.25. The fourth-order valence-corrected chi connectivity index (χ4v) is 3.38. The van der Waals surface area contributed by atoms with Crippen molar-refractivity contribution in [3.05, 3.63) is 65.4 Å². The van der Waals surface area contributed by atoms with Crippen molar-refractivity contribution < 1.29 is 18.0 Å². The van der Waals surface area contributed by atoms with E-state index in [2.05, 4.69) is 20.6 Å². The minimum absolute atomic E-state index is 0.269. The van der Waals surface area contributed by atoms with Gasteiger partial charge in [0.25, 0.3) is 11.8 Å². The predicted molar refractivity (Wildman–Crippen MR) is 98.9 cm³/mol. The van der Waals surface area contributed by atoms with Crippen molar-refractivity contribution >= 4 is 5.91 Å². The number of rotatable bonds is 5. The normalized spacial score (nSPS) is 15.7. The van der Waals surface area contributed by atoms with Crippen LogP contribution in [0.25, 0.3) is 11.3 Å². The summed E-state index contributed by atoms with van der Waals surface area (Å²) in [5, 5.41) is 10.8. The molecule has 1 saturated carbocycles. The molecule has 150 valence electrons. The van der Waals surface area contributed by atoms with E-state index < -0.39 is 17.9 Å². The number of nitrogens with one attached hydrogen (secondary N) is 1. The molecule has 0 saturated heterocycles. The van der Waals surface area contributed by atoms with Crippen molar-refractivity contribution in [1.82, 2.24) is 25.3 Å². The van der Waals surface area contributed by atoms with E-state index in [4.69, 9.17) is 0 Å². The van der Waals surface area contributed by atoms with Gasteiger partial charge in [-0.3, -0.25) is 4.79 Å². The molecule has 0 spiro atoms. The van der Waals surface area contributed by atoms with Crippen molar-refractivity contribution in [3.63, 3.8) is 0 Å². The van der Waals surface area contributed by atoms with Crippen molar-refractivity contribution in [2.75, 3.05) is 0 Å². The summed E-state index contributed by atoms with van der Waals surface area (Å²) in [5.74, 6) is -3.65. The Hall–Kier alpha value is -3.23. The fourth-order valence-electron chi connectivity index (χ4n) is 3.38. The van der Waals surface area contributed by atoms with Gasteiger partial charge in [0.2, 0.25) is 5.95 Å². The highest BCUT2D eigenvalue weighted by Crippen LogP contribution is 2.37. The first-order valence-electron chi connectivity index (χ1n) is 9.11. The number of nitrogens with zero attached hydrogens (tertiary/aromatic N) is 4. The van der Waals surface area contributed by atoms with Gasteiger partial charge in [-0.15, -0.1) is 5.10 Å². The Balaban J connectivity index is 1.50. The molecule has 1 aliphatic carbocycles. The third kappa shape index (κ3) is 4.13. The lowest BCUT2D eigenvalue weighted by Gasteiger charge is -2.35. The second kappa shape index (κ2) is 7.31. The summed E-state index contributed by atoms with van der Waals surface area (Å²) in [7, 11) is 0. The molecule has 0 radical (unpaired) electrons. The van der Waals surface area contributed by atoms with Gasteiger partial charge in [-0.25, -0.2) is 18.4 Å². The Morgan fingerprint density at radius 2 is 2.00 bits per heavy atom. The maximum atomic E-state index is 13.2. The smallest absolute Gasteiger partial charge is 0.252 e. The first-order chi connectivity index (χ1) is 13.8. The van der Waals surface area contributed by atoms with Crippen LogP contribution in [0.4, 0.5) is 13.2 Å². The molecule has 0 bridgehead atoms. The van der Waals surface area contributed by atoms with Crippen LogP contribution in [0.2, 0.25) is 0 Å². The SMILES string of the molecule is Cc1nc(F)ccc1-c1cn(Cc2ccccc2C(=O)NC2CC(F)(F)C2)nn1. The molecule has 3 aromatic rings. The molecule has 1 fully saturated rings. The van der Waals surface area contributed by atoms with Crippen LogP contribution in [0.5, 0.6) is 0 Å². The van der Waals surface area contributed by atoms with Crippen LogP contribution in [0.1, 0.15) is 34.5 Å². The van der Waals surface area contributed by atoms with E-state index in [1.807, 2.05) is 0 Å². The van der Waals surface area contributed by atoms with Crippen LogP contribution >= 0.6 is 0 Å². The lowest BCUT2D eigenvalue weighted by Crippen LogP contribution is -2.50. The van der Waals surface area contributed by atoms with Gasteiger partial charge in [-0.05, 0) is 30.7 Å². The molecule has 4 rings (SSSR count). The van der Waals surface area contributed by atoms with Crippen molar-refractivity contribution in [3.8, 4) is 11.3 Å². The topological polar surface area (TPSA) is 72.7 Å². The van der Waals surface area contributed by atoms with Gasteiger partial charge >= 0.3 is 0 Å². The van der Waals surface area contributed by atoms with E-state index >= 15 is 0 Å². The van der Waals surface area contributed by atoms with Gasteiger partial charge in [0.1, 0.15) is 5.69 Å². The van der Waals surface area contributed by atoms with Gasteiger partial charge in [0.15, 0.2) is 0 Å². The summed E-state index contributed by atoms with van der Waals surface area (Å²) in [5.41, 5.74) is 2.78. The molecule has 2 aromatic heterocycles. The number of carbonyl (C=O) groups excluding carboxylic acids is 1. The monoisotopic (exact) mass is 401 g/mol. The van der Waals surface area contributed by atoms with Gasteiger partial charge in [0, 0.05) is 30.0 Å². The van der Waals surface area contributed by atoms with Crippen LogP contribution in [0.15, 0.2) is 42.6 Å². The molecule has 1 aliphatic rings. The number of hydrogen-bond acceptors (Lipinski definition) is 4. The molecule has 1 aromatic carbocycles. The number of amides is 1. The summed E-state index contributed by atoms with van der Waals surface area (Å²) in [4.78, 5) is 16.3. The van der Waals surface area contributed by atoms with Gasteiger partial charge in [0.05, 0.1) is 18.4 Å². The largest absolute Gasteiger partial charge is 0.349 e. The zero-order valence-corrected chi connectivity index (χ0v) is 15.6. The highest BCUT2D eigenvalue weighted by atomic mass is 19.3. The van der Waals surface area contributed by atoms with E-state index in [1.54, 1.807) is 48.1 Å². The Morgan fingerprint density at radius 3 is 2.72 bits per heavy atom. The summed E-state index contributed by atoms with van der Waals surface area (Å²) in [6.45, 7) is 1.95. The van der Waals surface area contributed by atoms with Crippen LogP contribution in [-0.4, -0.2) is 37.8 Å². The zero-order valence-electron chi connectivity index (χ0n) is 15.6. The molecule has 29 heavy (non-hydrogen) atoms. The molecule has 2 heterocycles. The average molecular weight is 401 g/mol. The van der Waals surface area contributed by atoms with Gasteiger partial charge < -0.3 is 5.32 Å². The molecule has 9 heteroatoms. The van der Waals surface area contributed by atoms with Gasteiger partial charge in [-0.2, -0.15) is 4.39 Å². The number of halogens is 3. The number of benzene rings is 1. The van der Waals surface area contributed by atoms with E-state index in [0.29, 0.717) is 28.1 Å². The number of aryl methyl sites for hydroxylation is 1. The number of carbonyl (C=O) groups is 1. The number of pyridine rings is 1. The molecule has 1 N–H and O–H groups in total. The Labute approximate surface area is 164 Å². The standard InChI is InChI=1S/C20H18F3N5O/c1-12-15(6-7-18(21)24-12)17-11-28(27-26-17)10-13-4-2-3-5-16(13)19(29)25-14-8-20(22,23)9-14/h2-7,11,14H,8-10H2,1H3,(H,25,29). The fraction of sp³-hybridized carbons (Fsp3) is 0.300. The molecule has 0 atom stereocenters. The molecule has 6 nitrogen and oxygen atoms in total. The van der Waals surface area contributed by atoms with Crippen LogP contribution in [0.3, 0.4) is 0 Å². The predicted octanol–water partition coefficient (Wildman–Crippen LogP) is 3.36. The van der Waals surface area contributed by atoms with Crippen molar-refractivity contribution in [2.45, 2.75) is 38.3 Å². The molecule has 0 unspecified atom stereocenters. The Morgan fingerprint density at radius 1 is 1.24 bits per heavy atom. The lowest BCUT2D eigenvalue weighted by atomic mass is 9.88. The van der Waals surface area contributed by atoms with Crippen molar-refractivity contribution in [2.24, 2.45) is 0 Å². The van der Waals surface area contributed by atoms with E-state index in [1.165, 1.54) is 6.07 Å². The lowest BCUT2D eigenvalue weighted by molar-refractivity contribution is -0.0901. The Kier molecular flexibility index (Phi) is 4.81. The minimum atomic E-state index is -2.69. The highest BCUT2D eigenvalue weighted by molar-refractivity contribution is 5.96. The van der Waals surface area contributed by atoms with Crippen LogP contribution in [-0.2, 0) is 6.54 Å². The van der Waals surface area contributed by atoms with Crippen LogP contribution < -0.4 is 5.32 Å². The molecule has 0 aliphatic heterocycles. The van der Waals surface area contributed by atoms with E-state index in [-0.39, 0.29) is 25.3 Å². The summed E-state index contributed by atoms with van der Waals surface area (Å²) < 4.78 is 40.8. The Bertz CT molecular complexity index is 1060. The third-order valence-corrected chi connectivity index (χ3v) is 4.89. The first kappa shape index (κ1) is 19.1. The maximum absolute atomic E-state index is 13.2. The first-order valence-corrected chi connectivity index (χ1v) is 9.11. The van der Waals surface area contributed by atoms with E-state index in [9.17, 15) is 18.0 Å².